The molecule has 29 heavy (non-hydrogen) atoms. The van der Waals surface area contributed by atoms with Gasteiger partial charge >= 0.3 is 0 Å². The number of hydrogen-bond donors (Lipinski definition) is 1. The highest BCUT2D eigenvalue weighted by Crippen LogP contribution is 2.23. The molecule has 1 heterocycles. The van der Waals surface area contributed by atoms with Crippen LogP contribution in [0.15, 0.2) is 48.5 Å². The van der Waals surface area contributed by atoms with E-state index in [1.165, 1.54) is 0 Å². The molecule has 1 N–H and O–H groups in total. The van der Waals surface area contributed by atoms with Gasteiger partial charge in [0.2, 0.25) is 5.91 Å². The summed E-state index contributed by atoms with van der Waals surface area (Å²) >= 11 is 0. The molecular formula is C23H29N3O3. The molecule has 2 aromatic carbocycles. The molecule has 3 rings (SSSR count). The van der Waals surface area contributed by atoms with Crippen molar-refractivity contribution in [2.24, 2.45) is 0 Å². The molecule has 0 spiro atoms. The van der Waals surface area contributed by atoms with Crippen molar-refractivity contribution in [2.75, 3.05) is 38.7 Å². The number of ether oxygens (including phenoxy) is 1. The second kappa shape index (κ2) is 9.56. The zero-order valence-electron chi connectivity index (χ0n) is 17.4. The number of amides is 2. The Hall–Kier alpha value is -2.86. The Morgan fingerprint density at radius 1 is 1.14 bits per heavy atom. The van der Waals surface area contributed by atoms with Gasteiger partial charge < -0.3 is 19.9 Å². The summed E-state index contributed by atoms with van der Waals surface area (Å²) in [6.45, 7) is 3.84. The van der Waals surface area contributed by atoms with E-state index in [1.807, 2.05) is 57.4 Å². The van der Waals surface area contributed by atoms with Crippen molar-refractivity contribution in [3.63, 3.8) is 0 Å². The van der Waals surface area contributed by atoms with E-state index in [2.05, 4.69) is 10.2 Å². The van der Waals surface area contributed by atoms with Crippen molar-refractivity contribution in [3.8, 4) is 5.75 Å². The summed E-state index contributed by atoms with van der Waals surface area (Å²) in [6.07, 6.45) is 1.48. The van der Waals surface area contributed by atoms with E-state index >= 15 is 0 Å². The van der Waals surface area contributed by atoms with Crippen LogP contribution in [0.2, 0.25) is 0 Å². The summed E-state index contributed by atoms with van der Waals surface area (Å²) in [5.74, 6) is 0.864. The summed E-state index contributed by atoms with van der Waals surface area (Å²) < 4.78 is 5.50. The SMILES string of the molecule is CCOc1ccc(C(CNC(=O)c2ccc(N3CCCC3=O)cc2)N(C)C)cc1. The fourth-order valence-electron chi connectivity index (χ4n) is 3.56. The molecule has 0 aliphatic carbocycles. The molecule has 0 bridgehead atoms. The molecule has 2 amide bonds. The number of likely N-dealkylation sites (N-methyl/N-ethyl adjacent to an activating group) is 1. The largest absolute Gasteiger partial charge is 0.494 e. The molecule has 1 unspecified atom stereocenters. The maximum Gasteiger partial charge on any atom is 0.251 e. The van der Waals surface area contributed by atoms with Crippen LogP contribution in [-0.4, -0.2) is 50.5 Å². The van der Waals surface area contributed by atoms with Crippen molar-refractivity contribution in [1.82, 2.24) is 10.2 Å². The van der Waals surface area contributed by atoms with Crippen LogP contribution in [0.3, 0.4) is 0 Å². The quantitative estimate of drug-likeness (QED) is 0.745. The van der Waals surface area contributed by atoms with Crippen LogP contribution in [0.4, 0.5) is 5.69 Å². The molecule has 1 atom stereocenters. The average molecular weight is 396 g/mol. The van der Waals surface area contributed by atoms with E-state index in [4.69, 9.17) is 4.74 Å². The highest BCUT2D eigenvalue weighted by atomic mass is 16.5. The van der Waals surface area contributed by atoms with Crippen LogP contribution < -0.4 is 15.0 Å². The first-order valence-corrected chi connectivity index (χ1v) is 10.1. The number of carbonyl (C=O) groups is 2. The van der Waals surface area contributed by atoms with E-state index in [0.29, 0.717) is 25.1 Å². The van der Waals surface area contributed by atoms with Crippen LogP contribution in [0, 0.1) is 0 Å². The first-order chi connectivity index (χ1) is 14.0. The summed E-state index contributed by atoms with van der Waals surface area (Å²) in [4.78, 5) is 28.3. The number of nitrogens with one attached hydrogen (secondary N) is 1. The van der Waals surface area contributed by atoms with Crippen molar-refractivity contribution in [1.29, 1.82) is 0 Å². The normalized spacial score (nSPS) is 14.9. The minimum Gasteiger partial charge on any atom is -0.494 e. The molecule has 0 saturated carbocycles. The van der Waals surface area contributed by atoms with Gasteiger partial charge in [-0.05, 0) is 69.4 Å². The van der Waals surface area contributed by atoms with Crippen LogP contribution in [0.5, 0.6) is 5.75 Å². The van der Waals surface area contributed by atoms with E-state index < -0.39 is 0 Å². The van der Waals surface area contributed by atoms with Crippen molar-refractivity contribution in [3.05, 3.63) is 59.7 Å². The zero-order chi connectivity index (χ0) is 20.8. The topological polar surface area (TPSA) is 61.9 Å². The second-order valence-electron chi connectivity index (χ2n) is 7.39. The predicted octanol–water partition coefficient (Wildman–Crippen LogP) is 3.24. The molecule has 0 radical (unpaired) electrons. The monoisotopic (exact) mass is 395 g/mol. The highest BCUT2D eigenvalue weighted by molar-refractivity contribution is 5.97. The van der Waals surface area contributed by atoms with Gasteiger partial charge in [-0.15, -0.1) is 0 Å². The molecule has 1 aliphatic rings. The van der Waals surface area contributed by atoms with Gasteiger partial charge in [0.05, 0.1) is 12.6 Å². The minimum atomic E-state index is -0.123. The van der Waals surface area contributed by atoms with Crippen LogP contribution in [0.25, 0.3) is 0 Å². The molecule has 154 valence electrons. The molecule has 1 aliphatic heterocycles. The van der Waals surface area contributed by atoms with E-state index in [1.54, 1.807) is 17.0 Å². The molecule has 0 aromatic heterocycles. The van der Waals surface area contributed by atoms with Crippen molar-refractivity contribution in [2.45, 2.75) is 25.8 Å². The van der Waals surface area contributed by atoms with E-state index in [9.17, 15) is 9.59 Å². The molecular weight excluding hydrogens is 366 g/mol. The summed E-state index contributed by atoms with van der Waals surface area (Å²) in [5, 5.41) is 3.02. The van der Waals surface area contributed by atoms with Gasteiger partial charge in [0.25, 0.3) is 5.91 Å². The van der Waals surface area contributed by atoms with Crippen LogP contribution in [-0.2, 0) is 4.79 Å². The molecule has 1 fully saturated rings. The third kappa shape index (κ3) is 5.15. The molecule has 2 aromatic rings. The van der Waals surface area contributed by atoms with Gasteiger partial charge in [0, 0.05) is 30.8 Å². The first-order valence-electron chi connectivity index (χ1n) is 10.1. The van der Waals surface area contributed by atoms with E-state index in [0.717, 1.165) is 30.0 Å². The maximum absolute atomic E-state index is 12.6. The third-order valence-corrected chi connectivity index (χ3v) is 5.17. The number of rotatable bonds is 8. The number of benzene rings is 2. The van der Waals surface area contributed by atoms with E-state index in [-0.39, 0.29) is 17.9 Å². The smallest absolute Gasteiger partial charge is 0.251 e. The summed E-state index contributed by atoms with van der Waals surface area (Å²) in [5.41, 5.74) is 2.55. The number of hydrogen-bond acceptors (Lipinski definition) is 4. The number of carbonyl (C=O) groups excluding carboxylic acids is 2. The van der Waals surface area contributed by atoms with Gasteiger partial charge in [-0.3, -0.25) is 9.59 Å². The standard InChI is InChI=1S/C23H29N3O3/c1-4-29-20-13-9-17(10-14-20)21(25(2)3)16-24-23(28)18-7-11-19(12-8-18)26-15-5-6-22(26)27/h7-14,21H,4-6,15-16H2,1-3H3,(H,24,28). The predicted molar refractivity (Wildman–Crippen MR) is 114 cm³/mol. The second-order valence-corrected chi connectivity index (χ2v) is 7.39. The van der Waals surface area contributed by atoms with Gasteiger partial charge in [0.15, 0.2) is 0 Å². The fraction of sp³-hybridized carbons (Fsp3) is 0.391. The third-order valence-electron chi connectivity index (χ3n) is 5.17. The van der Waals surface area contributed by atoms with Gasteiger partial charge in [-0.1, -0.05) is 12.1 Å². The Morgan fingerprint density at radius 2 is 1.83 bits per heavy atom. The summed E-state index contributed by atoms with van der Waals surface area (Å²) in [7, 11) is 3.99. The fourth-order valence-corrected chi connectivity index (χ4v) is 3.56. The lowest BCUT2D eigenvalue weighted by molar-refractivity contribution is -0.117. The lowest BCUT2D eigenvalue weighted by Crippen LogP contribution is -2.34. The van der Waals surface area contributed by atoms with Crippen molar-refractivity contribution < 1.29 is 14.3 Å². The van der Waals surface area contributed by atoms with Gasteiger partial charge in [0.1, 0.15) is 5.75 Å². The molecule has 1 saturated heterocycles. The molecule has 6 heteroatoms. The minimum absolute atomic E-state index is 0.0520. The highest BCUT2D eigenvalue weighted by Gasteiger charge is 2.22. The van der Waals surface area contributed by atoms with Crippen LogP contribution in [0.1, 0.15) is 41.7 Å². The van der Waals surface area contributed by atoms with Crippen LogP contribution >= 0.6 is 0 Å². The number of nitrogens with zero attached hydrogens (tertiary/aromatic N) is 2. The van der Waals surface area contributed by atoms with Gasteiger partial charge in [-0.2, -0.15) is 0 Å². The Bertz CT molecular complexity index is 831. The zero-order valence-corrected chi connectivity index (χ0v) is 17.4. The number of anilines is 1. The first kappa shape index (κ1) is 20.9. The summed E-state index contributed by atoms with van der Waals surface area (Å²) in [6, 6.07) is 15.3. The Kier molecular flexibility index (Phi) is 6.88. The molecule has 6 nitrogen and oxygen atoms in total. The lowest BCUT2D eigenvalue weighted by Gasteiger charge is -2.25. The Morgan fingerprint density at radius 3 is 2.38 bits per heavy atom. The Balaban J connectivity index is 1.62. The van der Waals surface area contributed by atoms with Gasteiger partial charge in [-0.25, -0.2) is 0 Å². The Labute approximate surface area is 172 Å². The average Bonchev–Trinajstić information content (AvgIpc) is 3.15. The lowest BCUT2D eigenvalue weighted by atomic mass is 10.1. The maximum atomic E-state index is 12.6. The van der Waals surface area contributed by atoms with Crippen molar-refractivity contribution >= 4 is 17.5 Å².